The Bertz CT molecular complexity index is 2220. The van der Waals surface area contributed by atoms with Crippen LogP contribution in [0.4, 0.5) is 27.6 Å². The number of alkyl halides is 3. The Balaban J connectivity index is 1.11. The number of hydrogen-bond acceptors (Lipinski definition) is 6. The molecule has 50 heavy (non-hydrogen) atoms. The number of nitrogens with one attached hydrogen (secondary N) is 1. The summed E-state index contributed by atoms with van der Waals surface area (Å²) in [6.07, 6.45) is 3.28. The van der Waals surface area contributed by atoms with Gasteiger partial charge >= 0.3 is 6.18 Å². The number of hydrogen-bond donors (Lipinski definition) is 1. The molecule has 2 saturated heterocycles. The number of halogens is 5. The second-order valence-electron chi connectivity index (χ2n) is 12.8. The molecule has 6 heterocycles. The summed E-state index contributed by atoms with van der Waals surface area (Å²) < 4.78 is 88.9. The van der Waals surface area contributed by atoms with Crippen molar-refractivity contribution in [2.24, 2.45) is 7.05 Å². The van der Waals surface area contributed by atoms with E-state index in [-0.39, 0.29) is 58.3 Å². The highest BCUT2D eigenvalue weighted by Gasteiger charge is 2.39. The van der Waals surface area contributed by atoms with Crippen LogP contribution in [0.15, 0.2) is 61.1 Å². The summed E-state index contributed by atoms with van der Waals surface area (Å²) >= 11 is 0. The van der Waals surface area contributed by atoms with Crippen molar-refractivity contribution in [2.45, 2.75) is 37.6 Å². The van der Waals surface area contributed by atoms with Crippen LogP contribution >= 0.6 is 0 Å². The number of carbonyl (C=O) groups is 2. The molecular weight excluding hydrogens is 661 g/mol. The highest BCUT2D eigenvalue weighted by atomic mass is 19.4. The number of benzene rings is 2. The molecule has 2 bridgehead atoms. The molecule has 3 aliphatic heterocycles. The minimum absolute atomic E-state index is 0.0110. The van der Waals surface area contributed by atoms with E-state index in [4.69, 9.17) is 9.47 Å². The zero-order valence-electron chi connectivity index (χ0n) is 26.7. The lowest BCUT2D eigenvalue weighted by Crippen LogP contribution is -2.30. The van der Waals surface area contributed by atoms with Gasteiger partial charge in [0.15, 0.2) is 5.75 Å². The van der Waals surface area contributed by atoms with Crippen LogP contribution in [0.2, 0.25) is 0 Å². The number of aryl methyl sites for hydroxylation is 1. The van der Waals surface area contributed by atoms with Gasteiger partial charge in [0.2, 0.25) is 11.7 Å². The molecule has 2 fully saturated rings. The van der Waals surface area contributed by atoms with Gasteiger partial charge in [-0.05, 0) is 48.7 Å². The first-order valence-corrected chi connectivity index (χ1v) is 16.2. The SMILES string of the molecule is Cn1cnc2c3c(c(C(F)(F)F)cc21)-c1cccn2c(C(=O)c4cc(F)c(NC(=O)/C=C/CN5CC6CC5CCO6)c(F)c4)cc(c12)CCO3. The van der Waals surface area contributed by atoms with Crippen molar-refractivity contribution in [1.82, 2.24) is 18.9 Å². The summed E-state index contributed by atoms with van der Waals surface area (Å²) in [6.45, 7) is 1.95. The maximum atomic E-state index is 15.3. The Labute approximate surface area is 281 Å². The second kappa shape index (κ2) is 12.1. The molecule has 0 spiro atoms. The Morgan fingerprint density at radius 1 is 1.12 bits per heavy atom. The number of fused-ring (bicyclic) bond motifs is 6. The number of likely N-dealkylation sites (tertiary alicyclic amines) is 1. The summed E-state index contributed by atoms with van der Waals surface area (Å²) in [4.78, 5) is 32.9. The van der Waals surface area contributed by atoms with Gasteiger partial charge in [-0.15, -0.1) is 0 Å². The van der Waals surface area contributed by atoms with Gasteiger partial charge in [-0.1, -0.05) is 12.1 Å². The zero-order chi connectivity index (χ0) is 34.9. The van der Waals surface area contributed by atoms with E-state index in [9.17, 15) is 22.8 Å². The fraction of sp³-hybridized carbons (Fsp3) is 0.306. The zero-order valence-corrected chi connectivity index (χ0v) is 26.7. The van der Waals surface area contributed by atoms with Crippen LogP contribution < -0.4 is 10.1 Å². The number of anilines is 1. The normalized spacial score (nSPS) is 19.1. The van der Waals surface area contributed by atoms with Gasteiger partial charge in [-0.25, -0.2) is 13.8 Å². The average molecular weight is 692 g/mol. The van der Waals surface area contributed by atoms with Gasteiger partial charge in [-0.2, -0.15) is 13.2 Å². The maximum Gasteiger partial charge on any atom is 0.417 e. The molecule has 2 atom stereocenters. The van der Waals surface area contributed by atoms with E-state index in [0.717, 1.165) is 37.6 Å². The highest BCUT2D eigenvalue weighted by Crippen LogP contribution is 2.48. The molecule has 1 N–H and O–H groups in total. The van der Waals surface area contributed by atoms with Gasteiger partial charge in [-0.3, -0.25) is 14.5 Å². The molecular formula is C36H30F5N5O4. The van der Waals surface area contributed by atoms with Crippen LogP contribution in [0.25, 0.3) is 27.7 Å². The smallest absolute Gasteiger partial charge is 0.417 e. The van der Waals surface area contributed by atoms with Crippen LogP contribution in [-0.4, -0.2) is 69.0 Å². The lowest BCUT2D eigenvalue weighted by molar-refractivity contribution is -0.137. The number of rotatable bonds is 6. The molecule has 0 aliphatic carbocycles. The monoisotopic (exact) mass is 691 g/mol. The third-order valence-corrected chi connectivity index (χ3v) is 9.72. The minimum atomic E-state index is -4.76. The Kier molecular flexibility index (Phi) is 7.75. The molecule has 2 unspecified atom stereocenters. The molecule has 9 nitrogen and oxygen atoms in total. The third kappa shape index (κ3) is 5.42. The molecule has 1 amide bonds. The predicted molar refractivity (Wildman–Crippen MR) is 173 cm³/mol. The molecule has 258 valence electrons. The number of imidazole rings is 1. The van der Waals surface area contributed by atoms with E-state index < -0.39 is 40.8 Å². The number of pyridine rings is 1. The first-order chi connectivity index (χ1) is 24.0. The first-order valence-electron chi connectivity index (χ1n) is 16.2. The molecule has 14 heteroatoms. The van der Waals surface area contributed by atoms with Crippen LogP contribution in [0.5, 0.6) is 5.75 Å². The summed E-state index contributed by atoms with van der Waals surface area (Å²) in [6, 6.07) is 7.57. The van der Waals surface area contributed by atoms with Crippen LogP contribution in [-0.2, 0) is 29.2 Å². The molecule has 3 aromatic heterocycles. The number of amides is 1. The molecule has 5 aromatic rings. The number of aromatic nitrogens is 3. The number of ketones is 1. The van der Waals surface area contributed by atoms with Crippen LogP contribution in [0.3, 0.4) is 0 Å². The van der Waals surface area contributed by atoms with Crippen molar-refractivity contribution in [2.75, 3.05) is 31.6 Å². The quantitative estimate of drug-likeness (QED) is 0.128. The van der Waals surface area contributed by atoms with E-state index in [1.54, 1.807) is 13.1 Å². The lowest BCUT2D eigenvalue weighted by Gasteiger charge is -2.22. The van der Waals surface area contributed by atoms with Crippen molar-refractivity contribution in [3.63, 3.8) is 0 Å². The summed E-state index contributed by atoms with van der Waals surface area (Å²) in [7, 11) is 1.59. The van der Waals surface area contributed by atoms with E-state index in [1.165, 1.54) is 45.8 Å². The predicted octanol–water partition coefficient (Wildman–Crippen LogP) is 6.31. The summed E-state index contributed by atoms with van der Waals surface area (Å²) in [5.74, 6) is -3.83. The number of carbonyl (C=O) groups excluding carboxylic acids is 2. The molecule has 2 aromatic carbocycles. The van der Waals surface area contributed by atoms with Gasteiger partial charge in [0.1, 0.15) is 22.8 Å². The fourth-order valence-corrected chi connectivity index (χ4v) is 7.42. The van der Waals surface area contributed by atoms with Gasteiger partial charge in [0.25, 0.3) is 0 Å². The van der Waals surface area contributed by atoms with E-state index >= 15 is 8.78 Å². The Morgan fingerprint density at radius 3 is 2.68 bits per heavy atom. The van der Waals surface area contributed by atoms with Gasteiger partial charge in [0.05, 0.1) is 41.3 Å². The molecule has 0 saturated carbocycles. The summed E-state index contributed by atoms with van der Waals surface area (Å²) in [5, 5.41) is 2.22. The second-order valence-corrected chi connectivity index (χ2v) is 12.8. The molecule has 8 rings (SSSR count). The topological polar surface area (TPSA) is 90.1 Å². The average Bonchev–Trinajstić information content (AvgIpc) is 3.72. The van der Waals surface area contributed by atoms with Gasteiger partial charge in [0, 0.05) is 68.2 Å². The third-order valence-electron chi connectivity index (χ3n) is 9.72. The van der Waals surface area contributed by atoms with E-state index in [1.807, 2.05) is 0 Å². The first kappa shape index (κ1) is 32.1. The lowest BCUT2D eigenvalue weighted by atomic mass is 9.94. The number of nitrogens with zero attached hydrogens (tertiary/aromatic N) is 4. The largest absolute Gasteiger partial charge is 0.490 e. The van der Waals surface area contributed by atoms with Crippen molar-refractivity contribution in [3.8, 4) is 16.9 Å². The highest BCUT2D eigenvalue weighted by molar-refractivity contribution is 6.10. The van der Waals surface area contributed by atoms with Crippen LogP contribution in [0.1, 0.15) is 40.0 Å². The fourth-order valence-electron chi connectivity index (χ4n) is 7.42. The van der Waals surface area contributed by atoms with Crippen molar-refractivity contribution < 1.29 is 41.0 Å². The molecule has 3 aliphatic rings. The van der Waals surface area contributed by atoms with E-state index in [2.05, 4.69) is 15.2 Å². The van der Waals surface area contributed by atoms with Crippen molar-refractivity contribution in [3.05, 3.63) is 95.1 Å². The van der Waals surface area contributed by atoms with Crippen LogP contribution in [0, 0.1) is 11.6 Å². The minimum Gasteiger partial charge on any atom is -0.490 e. The van der Waals surface area contributed by atoms with Crippen molar-refractivity contribution in [1.29, 1.82) is 0 Å². The molecule has 0 radical (unpaired) electrons. The Hall–Kier alpha value is -5.08. The Morgan fingerprint density at radius 2 is 1.92 bits per heavy atom. The maximum absolute atomic E-state index is 15.3. The van der Waals surface area contributed by atoms with Gasteiger partial charge < -0.3 is 23.8 Å². The summed E-state index contributed by atoms with van der Waals surface area (Å²) in [5.41, 5.74) is -0.665. The van der Waals surface area contributed by atoms with E-state index in [0.29, 0.717) is 30.3 Å². The number of ether oxygens (including phenoxy) is 2. The van der Waals surface area contributed by atoms with Crippen molar-refractivity contribution >= 4 is 33.9 Å². The standard InChI is InChI=1S/C36H30F5N5O4/c1-44-18-42-32-27(44)16-24(36(39,40)41)30-23-4-2-9-46-28(14-19(33(23)46)6-10-50-35(30)32)34(48)20-12-25(37)31(26(38)13-20)43-29(47)5-3-8-45-17-22-15-21(45)7-11-49-22/h2-5,9,12-14,16,18,21-22H,6-8,10-11,15,17H2,1H3,(H,43,47)/b5-3+.